The number of rotatable bonds is 3. The van der Waals surface area contributed by atoms with E-state index in [0.29, 0.717) is 5.41 Å². The molecule has 1 atom stereocenters. The van der Waals surface area contributed by atoms with Gasteiger partial charge in [-0.1, -0.05) is 20.8 Å². The van der Waals surface area contributed by atoms with Crippen LogP contribution in [0.1, 0.15) is 38.3 Å². The highest BCUT2D eigenvalue weighted by Gasteiger charge is 2.32. The zero-order valence-electron chi connectivity index (χ0n) is 13.0. The van der Waals surface area contributed by atoms with Crippen LogP contribution in [0.15, 0.2) is 12.3 Å². The molecular weight excluding hydrogens is 234 g/mol. The van der Waals surface area contributed by atoms with Crippen molar-refractivity contribution in [3.63, 3.8) is 0 Å². The van der Waals surface area contributed by atoms with E-state index in [9.17, 15) is 0 Å². The van der Waals surface area contributed by atoms with Gasteiger partial charge in [-0.3, -0.25) is 0 Å². The van der Waals surface area contributed by atoms with Crippen LogP contribution in [0.25, 0.3) is 0 Å². The van der Waals surface area contributed by atoms with Crippen LogP contribution < -0.4 is 10.2 Å². The number of aromatic nitrogens is 1. The van der Waals surface area contributed by atoms with Crippen molar-refractivity contribution in [1.82, 2.24) is 10.3 Å². The van der Waals surface area contributed by atoms with E-state index < -0.39 is 0 Å². The van der Waals surface area contributed by atoms with E-state index in [0.717, 1.165) is 25.6 Å². The molecule has 0 amide bonds. The SMILES string of the molecule is CNCc1cnc(N2CCC(C(C)(C)C)C2)c(C)c1. The molecule has 0 bridgehead atoms. The van der Waals surface area contributed by atoms with Crippen molar-refractivity contribution >= 4 is 5.82 Å². The average molecular weight is 261 g/mol. The molecule has 3 heteroatoms. The first-order chi connectivity index (χ1) is 8.91. The third-order valence-corrected chi connectivity index (χ3v) is 4.20. The Labute approximate surface area is 117 Å². The molecule has 1 aliphatic heterocycles. The van der Waals surface area contributed by atoms with Crippen LogP contribution in [0.5, 0.6) is 0 Å². The van der Waals surface area contributed by atoms with Crippen molar-refractivity contribution in [3.8, 4) is 0 Å². The quantitative estimate of drug-likeness (QED) is 0.906. The molecule has 1 aliphatic rings. The van der Waals surface area contributed by atoms with Gasteiger partial charge in [-0.2, -0.15) is 0 Å². The van der Waals surface area contributed by atoms with E-state index in [1.165, 1.54) is 23.4 Å². The summed E-state index contributed by atoms with van der Waals surface area (Å²) in [6.07, 6.45) is 3.28. The van der Waals surface area contributed by atoms with Gasteiger partial charge < -0.3 is 10.2 Å². The summed E-state index contributed by atoms with van der Waals surface area (Å²) in [5.74, 6) is 1.94. The van der Waals surface area contributed by atoms with Crippen LogP contribution >= 0.6 is 0 Å². The average Bonchev–Trinajstić information content (AvgIpc) is 2.78. The fourth-order valence-corrected chi connectivity index (χ4v) is 2.92. The maximum Gasteiger partial charge on any atom is 0.131 e. The van der Waals surface area contributed by atoms with Gasteiger partial charge in [0.05, 0.1) is 0 Å². The molecule has 0 saturated carbocycles. The topological polar surface area (TPSA) is 28.2 Å². The Morgan fingerprint density at radius 1 is 1.42 bits per heavy atom. The molecule has 0 aromatic carbocycles. The molecule has 1 aromatic heterocycles. The van der Waals surface area contributed by atoms with Gasteiger partial charge in [0.15, 0.2) is 0 Å². The van der Waals surface area contributed by atoms with Gasteiger partial charge in [-0.25, -0.2) is 4.98 Å². The summed E-state index contributed by atoms with van der Waals surface area (Å²) in [6, 6.07) is 2.25. The molecule has 106 valence electrons. The van der Waals surface area contributed by atoms with Gasteiger partial charge in [-0.05, 0) is 48.9 Å². The molecule has 19 heavy (non-hydrogen) atoms. The lowest BCUT2D eigenvalue weighted by molar-refractivity contribution is 0.263. The Morgan fingerprint density at radius 2 is 2.16 bits per heavy atom. The van der Waals surface area contributed by atoms with Gasteiger partial charge in [0.25, 0.3) is 0 Å². The summed E-state index contributed by atoms with van der Waals surface area (Å²) in [5, 5.41) is 3.17. The molecule has 1 N–H and O–H groups in total. The number of anilines is 1. The standard InChI is InChI=1S/C16H27N3/c1-12-8-13(9-17-5)10-18-15(12)19-7-6-14(11-19)16(2,3)4/h8,10,14,17H,6-7,9,11H2,1-5H3. The van der Waals surface area contributed by atoms with Gasteiger partial charge in [-0.15, -0.1) is 0 Å². The van der Waals surface area contributed by atoms with Crippen molar-refractivity contribution in [2.75, 3.05) is 25.0 Å². The van der Waals surface area contributed by atoms with Crippen LogP contribution in [0.2, 0.25) is 0 Å². The zero-order chi connectivity index (χ0) is 14.0. The first-order valence-electron chi connectivity index (χ1n) is 7.27. The Hall–Kier alpha value is -1.09. The molecule has 1 unspecified atom stereocenters. The lowest BCUT2D eigenvalue weighted by atomic mass is 9.80. The Bertz CT molecular complexity index is 434. The van der Waals surface area contributed by atoms with E-state index in [1.807, 2.05) is 13.2 Å². The van der Waals surface area contributed by atoms with Crippen LogP contribution in [-0.4, -0.2) is 25.1 Å². The third-order valence-electron chi connectivity index (χ3n) is 4.20. The van der Waals surface area contributed by atoms with Gasteiger partial charge in [0, 0.05) is 25.8 Å². The predicted octanol–water partition coefficient (Wildman–Crippen LogP) is 2.98. The number of aryl methyl sites for hydroxylation is 1. The van der Waals surface area contributed by atoms with Crippen molar-refractivity contribution in [1.29, 1.82) is 0 Å². The van der Waals surface area contributed by atoms with Gasteiger partial charge in [0.2, 0.25) is 0 Å². The highest BCUT2D eigenvalue weighted by atomic mass is 15.2. The minimum absolute atomic E-state index is 0.398. The lowest BCUT2D eigenvalue weighted by Crippen LogP contribution is -2.26. The zero-order valence-corrected chi connectivity index (χ0v) is 13.0. The van der Waals surface area contributed by atoms with Crippen LogP contribution in [-0.2, 0) is 6.54 Å². The van der Waals surface area contributed by atoms with E-state index in [4.69, 9.17) is 0 Å². The van der Waals surface area contributed by atoms with Crippen LogP contribution in [0, 0.1) is 18.3 Å². The van der Waals surface area contributed by atoms with Crippen LogP contribution in [0.4, 0.5) is 5.82 Å². The molecule has 0 spiro atoms. The van der Waals surface area contributed by atoms with Gasteiger partial charge in [0.1, 0.15) is 5.82 Å². The smallest absolute Gasteiger partial charge is 0.131 e. The molecule has 3 nitrogen and oxygen atoms in total. The molecule has 2 rings (SSSR count). The summed E-state index contributed by atoms with van der Waals surface area (Å²) >= 11 is 0. The summed E-state index contributed by atoms with van der Waals surface area (Å²) in [6.45, 7) is 12.4. The third kappa shape index (κ3) is 3.27. The van der Waals surface area contributed by atoms with Crippen molar-refractivity contribution < 1.29 is 0 Å². The number of hydrogen-bond acceptors (Lipinski definition) is 3. The van der Waals surface area contributed by atoms with E-state index >= 15 is 0 Å². The molecule has 1 aromatic rings. The first-order valence-corrected chi connectivity index (χ1v) is 7.27. The minimum atomic E-state index is 0.398. The first kappa shape index (κ1) is 14.3. The van der Waals surface area contributed by atoms with Gasteiger partial charge >= 0.3 is 0 Å². The molecular formula is C16H27N3. The second-order valence-electron chi connectivity index (χ2n) is 6.81. The number of nitrogens with zero attached hydrogens (tertiary/aromatic N) is 2. The second kappa shape index (κ2) is 5.49. The van der Waals surface area contributed by atoms with E-state index in [2.05, 4.69) is 49.0 Å². The summed E-state index contributed by atoms with van der Waals surface area (Å²) in [4.78, 5) is 7.13. The number of nitrogens with one attached hydrogen (secondary N) is 1. The largest absolute Gasteiger partial charge is 0.356 e. The molecule has 0 radical (unpaired) electrons. The van der Waals surface area contributed by atoms with Crippen molar-refractivity contribution in [2.45, 2.75) is 40.7 Å². The molecule has 1 saturated heterocycles. The molecule has 1 fully saturated rings. The lowest BCUT2D eigenvalue weighted by Gasteiger charge is -2.27. The summed E-state index contributed by atoms with van der Waals surface area (Å²) < 4.78 is 0. The fourth-order valence-electron chi connectivity index (χ4n) is 2.92. The second-order valence-corrected chi connectivity index (χ2v) is 6.81. The van der Waals surface area contributed by atoms with E-state index in [-0.39, 0.29) is 0 Å². The normalized spacial score (nSPS) is 20.1. The molecule has 0 aliphatic carbocycles. The van der Waals surface area contributed by atoms with Crippen LogP contribution in [0.3, 0.4) is 0 Å². The molecule has 2 heterocycles. The minimum Gasteiger partial charge on any atom is -0.356 e. The monoisotopic (exact) mass is 261 g/mol. The Balaban J connectivity index is 2.11. The predicted molar refractivity (Wildman–Crippen MR) is 81.5 cm³/mol. The highest BCUT2D eigenvalue weighted by molar-refractivity contribution is 5.48. The number of pyridine rings is 1. The summed E-state index contributed by atoms with van der Waals surface area (Å²) in [5.41, 5.74) is 2.95. The highest BCUT2D eigenvalue weighted by Crippen LogP contribution is 2.35. The Kier molecular flexibility index (Phi) is 4.14. The number of hydrogen-bond donors (Lipinski definition) is 1. The fraction of sp³-hybridized carbons (Fsp3) is 0.688. The summed E-state index contributed by atoms with van der Waals surface area (Å²) in [7, 11) is 1.97. The van der Waals surface area contributed by atoms with E-state index in [1.54, 1.807) is 0 Å². The van der Waals surface area contributed by atoms with Crippen molar-refractivity contribution in [2.24, 2.45) is 11.3 Å². The Morgan fingerprint density at radius 3 is 2.68 bits per heavy atom. The maximum atomic E-state index is 4.68. The maximum absolute atomic E-state index is 4.68. The van der Waals surface area contributed by atoms with Crippen molar-refractivity contribution in [3.05, 3.63) is 23.4 Å².